The zero-order chi connectivity index (χ0) is 15.5. The molecule has 0 spiro atoms. The molecule has 1 unspecified atom stereocenters. The van der Waals surface area contributed by atoms with Crippen LogP contribution in [0.25, 0.3) is 0 Å². The van der Waals surface area contributed by atoms with E-state index in [-0.39, 0.29) is 18.5 Å². The molecular weight excluding hydrogens is 296 g/mol. The van der Waals surface area contributed by atoms with Crippen molar-refractivity contribution in [2.75, 3.05) is 6.54 Å². The molecule has 112 valence electrons. The number of aliphatic hydroxyl groups is 1. The average Bonchev–Trinajstić information content (AvgIpc) is 2.96. The highest BCUT2D eigenvalue weighted by molar-refractivity contribution is 7.10. The first kappa shape index (κ1) is 15.6. The molecule has 1 aromatic heterocycles. The van der Waals surface area contributed by atoms with Crippen LogP contribution in [0.2, 0.25) is 0 Å². The molecule has 1 heterocycles. The van der Waals surface area contributed by atoms with E-state index >= 15 is 0 Å². The largest absolute Gasteiger partial charge is 0.383 e. The van der Waals surface area contributed by atoms with Crippen molar-refractivity contribution >= 4 is 17.2 Å². The molecule has 21 heavy (non-hydrogen) atoms. The van der Waals surface area contributed by atoms with E-state index in [0.29, 0.717) is 0 Å². The van der Waals surface area contributed by atoms with Gasteiger partial charge in [-0.1, -0.05) is 6.07 Å². The molecule has 0 saturated carbocycles. The minimum absolute atomic E-state index is 0.00326. The normalized spacial score (nSPS) is 13.7. The van der Waals surface area contributed by atoms with Gasteiger partial charge >= 0.3 is 0 Å². The maximum atomic E-state index is 13.4. The number of nitrogens with one attached hydrogen (secondary N) is 1. The van der Waals surface area contributed by atoms with Gasteiger partial charge in [0.2, 0.25) is 5.91 Å². The summed E-state index contributed by atoms with van der Waals surface area (Å²) in [6.45, 7) is 1.59. The average molecular weight is 311 g/mol. The summed E-state index contributed by atoms with van der Waals surface area (Å²) < 4.78 is 26.5. The number of carbonyl (C=O) groups excluding carboxylic acids is 1. The Hall–Kier alpha value is -1.79. The zero-order valence-corrected chi connectivity index (χ0v) is 12.2. The van der Waals surface area contributed by atoms with E-state index in [0.717, 1.165) is 23.1 Å². The van der Waals surface area contributed by atoms with Gasteiger partial charge in [-0.15, -0.1) is 11.3 Å². The summed E-state index contributed by atoms with van der Waals surface area (Å²) in [6, 6.07) is 6.55. The van der Waals surface area contributed by atoms with Crippen LogP contribution in [0.3, 0.4) is 0 Å². The van der Waals surface area contributed by atoms with Crippen molar-refractivity contribution in [2.45, 2.75) is 18.9 Å². The fourth-order valence-corrected chi connectivity index (χ4v) is 2.64. The Labute approximate surface area is 125 Å². The van der Waals surface area contributed by atoms with Crippen LogP contribution in [0.4, 0.5) is 8.78 Å². The Kier molecular flexibility index (Phi) is 4.69. The first-order valence-electron chi connectivity index (χ1n) is 6.35. The Morgan fingerprint density at radius 3 is 2.81 bits per heavy atom. The quantitative estimate of drug-likeness (QED) is 0.892. The first-order valence-corrected chi connectivity index (χ1v) is 7.23. The highest BCUT2D eigenvalue weighted by Gasteiger charge is 2.25. The fourth-order valence-electron chi connectivity index (χ4n) is 1.86. The summed E-state index contributed by atoms with van der Waals surface area (Å²) in [5, 5.41) is 14.6. The van der Waals surface area contributed by atoms with Gasteiger partial charge in [0.05, 0.1) is 13.0 Å². The number of hydrogen-bond donors (Lipinski definition) is 2. The summed E-state index contributed by atoms with van der Waals surface area (Å²) in [5.41, 5.74) is -1.20. The van der Waals surface area contributed by atoms with E-state index in [1.807, 2.05) is 5.38 Å². The third-order valence-electron chi connectivity index (χ3n) is 3.04. The van der Waals surface area contributed by atoms with Gasteiger partial charge in [-0.3, -0.25) is 4.79 Å². The lowest BCUT2D eigenvalue weighted by molar-refractivity contribution is -0.121. The molecule has 1 aromatic carbocycles. The summed E-state index contributed by atoms with van der Waals surface area (Å²) in [7, 11) is 0. The van der Waals surface area contributed by atoms with E-state index in [2.05, 4.69) is 5.32 Å². The third-order valence-corrected chi connectivity index (χ3v) is 4.16. The van der Waals surface area contributed by atoms with Crippen LogP contribution in [-0.4, -0.2) is 17.6 Å². The van der Waals surface area contributed by atoms with Crippen molar-refractivity contribution in [3.63, 3.8) is 0 Å². The molecule has 2 aromatic rings. The lowest BCUT2D eigenvalue weighted by atomic mass is 10.0. The van der Waals surface area contributed by atoms with Crippen LogP contribution in [-0.2, 0) is 16.8 Å². The number of amides is 1. The number of halogens is 2. The van der Waals surface area contributed by atoms with Crippen molar-refractivity contribution in [2.24, 2.45) is 0 Å². The van der Waals surface area contributed by atoms with E-state index in [1.165, 1.54) is 11.3 Å². The Balaban J connectivity index is 1.95. The van der Waals surface area contributed by atoms with Crippen LogP contribution in [0.1, 0.15) is 17.4 Å². The third kappa shape index (κ3) is 4.09. The topological polar surface area (TPSA) is 49.3 Å². The van der Waals surface area contributed by atoms with Crippen molar-refractivity contribution in [3.8, 4) is 0 Å². The lowest BCUT2D eigenvalue weighted by Crippen LogP contribution is -2.38. The molecule has 2 rings (SSSR count). The molecule has 0 saturated heterocycles. The van der Waals surface area contributed by atoms with Gasteiger partial charge < -0.3 is 10.4 Å². The van der Waals surface area contributed by atoms with Crippen LogP contribution in [0, 0.1) is 11.6 Å². The molecule has 0 bridgehead atoms. The van der Waals surface area contributed by atoms with Crippen LogP contribution >= 0.6 is 11.3 Å². The van der Waals surface area contributed by atoms with Gasteiger partial charge in [0.15, 0.2) is 0 Å². The summed E-state index contributed by atoms with van der Waals surface area (Å²) in [4.78, 5) is 12.5. The standard InChI is InChI=1S/C15H15F2NO2S/c1-15(20,13-3-2-6-21-13)9-18-14(19)8-10-7-11(16)4-5-12(10)17/h2-7,20H,8-9H2,1H3,(H,18,19). The van der Waals surface area contributed by atoms with Gasteiger partial charge in [0.25, 0.3) is 0 Å². The van der Waals surface area contributed by atoms with Gasteiger partial charge in [-0.25, -0.2) is 8.78 Å². The van der Waals surface area contributed by atoms with Gasteiger partial charge in [-0.05, 0) is 36.6 Å². The summed E-state index contributed by atoms with van der Waals surface area (Å²) in [5.74, 6) is -1.70. The highest BCUT2D eigenvalue weighted by Crippen LogP contribution is 2.24. The molecule has 3 nitrogen and oxygen atoms in total. The minimum Gasteiger partial charge on any atom is -0.383 e. The molecule has 0 aliphatic heterocycles. The smallest absolute Gasteiger partial charge is 0.224 e. The predicted molar refractivity (Wildman–Crippen MR) is 77.0 cm³/mol. The van der Waals surface area contributed by atoms with Crippen molar-refractivity contribution in [3.05, 3.63) is 57.8 Å². The molecule has 2 N–H and O–H groups in total. The van der Waals surface area contributed by atoms with Crippen molar-refractivity contribution in [1.29, 1.82) is 0 Å². The summed E-state index contributed by atoms with van der Waals surface area (Å²) in [6.07, 6.45) is -0.274. The van der Waals surface area contributed by atoms with Gasteiger partial charge in [0, 0.05) is 10.4 Å². The summed E-state index contributed by atoms with van der Waals surface area (Å²) >= 11 is 1.38. The second-order valence-corrected chi connectivity index (χ2v) is 5.89. The monoisotopic (exact) mass is 311 g/mol. The molecular formula is C15H15F2NO2S. The van der Waals surface area contributed by atoms with Crippen molar-refractivity contribution < 1.29 is 18.7 Å². The molecule has 1 amide bonds. The van der Waals surface area contributed by atoms with Crippen LogP contribution in [0.5, 0.6) is 0 Å². The number of thiophene rings is 1. The maximum Gasteiger partial charge on any atom is 0.224 e. The van der Waals surface area contributed by atoms with Gasteiger partial charge in [-0.2, -0.15) is 0 Å². The molecule has 6 heteroatoms. The zero-order valence-electron chi connectivity index (χ0n) is 11.4. The van der Waals surface area contributed by atoms with Gasteiger partial charge in [0.1, 0.15) is 17.2 Å². The second-order valence-electron chi connectivity index (χ2n) is 4.94. The van der Waals surface area contributed by atoms with E-state index in [4.69, 9.17) is 0 Å². The predicted octanol–water partition coefficient (Wildman–Crippen LogP) is 2.59. The maximum absolute atomic E-state index is 13.4. The molecule has 0 aliphatic rings. The van der Waals surface area contributed by atoms with Crippen LogP contribution in [0.15, 0.2) is 35.7 Å². The number of carbonyl (C=O) groups is 1. The van der Waals surface area contributed by atoms with Crippen molar-refractivity contribution in [1.82, 2.24) is 5.32 Å². The fraction of sp³-hybridized carbons (Fsp3) is 0.267. The van der Waals surface area contributed by atoms with Crippen LogP contribution < -0.4 is 5.32 Å². The highest BCUT2D eigenvalue weighted by atomic mass is 32.1. The number of benzene rings is 1. The lowest BCUT2D eigenvalue weighted by Gasteiger charge is -2.22. The van der Waals surface area contributed by atoms with E-state index < -0.39 is 23.1 Å². The molecule has 0 aliphatic carbocycles. The first-order chi connectivity index (χ1) is 9.88. The van der Waals surface area contributed by atoms with E-state index in [1.54, 1.807) is 19.1 Å². The van der Waals surface area contributed by atoms with E-state index in [9.17, 15) is 18.7 Å². The minimum atomic E-state index is -1.19. The number of hydrogen-bond acceptors (Lipinski definition) is 3. The molecule has 0 radical (unpaired) electrons. The Morgan fingerprint density at radius 1 is 1.38 bits per heavy atom. The number of rotatable bonds is 5. The Morgan fingerprint density at radius 2 is 2.14 bits per heavy atom. The molecule has 0 fully saturated rings. The molecule has 1 atom stereocenters. The Bertz CT molecular complexity index is 627. The second kappa shape index (κ2) is 6.32. The SMILES string of the molecule is CC(O)(CNC(=O)Cc1cc(F)ccc1F)c1cccs1.